The van der Waals surface area contributed by atoms with Crippen LogP contribution in [0.4, 0.5) is 0 Å². The minimum atomic E-state index is -0.347. The fraction of sp³-hybridized carbons (Fsp3) is 0.929. The van der Waals surface area contributed by atoms with Crippen LogP contribution in [0.15, 0.2) is 0 Å². The average Bonchev–Trinajstić information content (AvgIpc) is 2.44. The second-order valence-corrected chi connectivity index (χ2v) is 4.85. The summed E-state index contributed by atoms with van der Waals surface area (Å²) in [6, 6.07) is -0.347. The van der Waals surface area contributed by atoms with Crippen LogP contribution < -0.4 is 5.32 Å². The van der Waals surface area contributed by atoms with Gasteiger partial charge in [0.05, 0.1) is 13.2 Å². The summed E-state index contributed by atoms with van der Waals surface area (Å²) in [6.45, 7) is 7.82. The molecule has 0 aromatic carbocycles. The molecule has 1 aliphatic heterocycles. The topological polar surface area (TPSA) is 56.8 Å². The van der Waals surface area contributed by atoms with Crippen molar-refractivity contribution < 1.29 is 19.0 Å². The van der Waals surface area contributed by atoms with Gasteiger partial charge in [0.1, 0.15) is 6.04 Å². The number of ether oxygens (including phenoxy) is 3. The molecule has 0 spiro atoms. The molecule has 5 heteroatoms. The second-order valence-electron chi connectivity index (χ2n) is 4.85. The lowest BCUT2D eigenvalue weighted by molar-refractivity contribution is -0.147. The van der Waals surface area contributed by atoms with Gasteiger partial charge in [0.2, 0.25) is 0 Å². The van der Waals surface area contributed by atoms with E-state index in [-0.39, 0.29) is 12.0 Å². The molecular formula is C14H27NO4. The smallest absolute Gasteiger partial charge is 0.325 e. The van der Waals surface area contributed by atoms with E-state index in [1.165, 1.54) is 0 Å². The van der Waals surface area contributed by atoms with Gasteiger partial charge in [-0.15, -0.1) is 0 Å². The van der Waals surface area contributed by atoms with Crippen molar-refractivity contribution in [2.75, 3.05) is 39.6 Å². The van der Waals surface area contributed by atoms with Crippen LogP contribution in [0.25, 0.3) is 0 Å². The van der Waals surface area contributed by atoms with Crippen LogP contribution in [0.1, 0.15) is 33.1 Å². The van der Waals surface area contributed by atoms with Gasteiger partial charge in [-0.1, -0.05) is 6.92 Å². The van der Waals surface area contributed by atoms with Gasteiger partial charge < -0.3 is 19.5 Å². The number of hydrogen-bond acceptors (Lipinski definition) is 5. The molecule has 5 nitrogen and oxygen atoms in total. The highest BCUT2D eigenvalue weighted by molar-refractivity contribution is 5.75. The SMILES string of the molecule is CCCNC(COCC1CCOCC1)C(=O)OCC. The van der Waals surface area contributed by atoms with E-state index in [2.05, 4.69) is 12.2 Å². The van der Waals surface area contributed by atoms with Gasteiger partial charge in [-0.3, -0.25) is 4.79 Å². The van der Waals surface area contributed by atoms with Crippen molar-refractivity contribution in [3.8, 4) is 0 Å². The van der Waals surface area contributed by atoms with Crippen molar-refractivity contribution in [3.05, 3.63) is 0 Å². The summed E-state index contributed by atoms with van der Waals surface area (Å²) < 4.78 is 16.0. The molecular weight excluding hydrogens is 246 g/mol. The van der Waals surface area contributed by atoms with Crippen LogP contribution >= 0.6 is 0 Å². The average molecular weight is 273 g/mol. The highest BCUT2D eigenvalue weighted by atomic mass is 16.5. The zero-order valence-electron chi connectivity index (χ0n) is 12.2. The van der Waals surface area contributed by atoms with Crippen molar-refractivity contribution in [2.45, 2.75) is 39.2 Å². The normalized spacial score (nSPS) is 18.2. The Balaban J connectivity index is 2.24. The van der Waals surface area contributed by atoms with E-state index in [1.54, 1.807) is 0 Å². The lowest BCUT2D eigenvalue weighted by Gasteiger charge is -2.23. The fourth-order valence-corrected chi connectivity index (χ4v) is 2.04. The van der Waals surface area contributed by atoms with Crippen LogP contribution in [-0.4, -0.2) is 51.6 Å². The van der Waals surface area contributed by atoms with Crippen LogP contribution in [0.2, 0.25) is 0 Å². The maximum absolute atomic E-state index is 11.7. The van der Waals surface area contributed by atoms with Gasteiger partial charge in [0.25, 0.3) is 0 Å². The van der Waals surface area contributed by atoms with Gasteiger partial charge in [0, 0.05) is 19.8 Å². The van der Waals surface area contributed by atoms with Crippen LogP contribution in [0, 0.1) is 5.92 Å². The van der Waals surface area contributed by atoms with Gasteiger partial charge in [0.15, 0.2) is 0 Å². The molecule has 0 saturated carbocycles. The number of carbonyl (C=O) groups is 1. The first-order valence-electron chi connectivity index (χ1n) is 7.33. The summed E-state index contributed by atoms with van der Waals surface area (Å²) in [5, 5.41) is 3.17. The molecule has 1 fully saturated rings. The van der Waals surface area contributed by atoms with Gasteiger partial charge in [-0.2, -0.15) is 0 Å². The van der Waals surface area contributed by atoms with Crippen molar-refractivity contribution in [3.63, 3.8) is 0 Å². The third-order valence-electron chi connectivity index (χ3n) is 3.19. The molecule has 0 amide bonds. The highest BCUT2D eigenvalue weighted by Gasteiger charge is 2.20. The molecule has 0 radical (unpaired) electrons. The van der Waals surface area contributed by atoms with E-state index >= 15 is 0 Å². The Hall–Kier alpha value is -0.650. The summed E-state index contributed by atoms with van der Waals surface area (Å²) in [5.41, 5.74) is 0. The van der Waals surface area contributed by atoms with Crippen molar-refractivity contribution >= 4 is 5.97 Å². The highest BCUT2D eigenvalue weighted by Crippen LogP contribution is 2.14. The molecule has 0 bridgehead atoms. The molecule has 0 aliphatic carbocycles. The number of carbonyl (C=O) groups excluding carboxylic acids is 1. The molecule has 112 valence electrons. The molecule has 1 rings (SSSR count). The Morgan fingerprint density at radius 2 is 2.11 bits per heavy atom. The number of nitrogens with one attached hydrogen (secondary N) is 1. The summed E-state index contributed by atoms with van der Waals surface area (Å²) in [4.78, 5) is 11.7. The Morgan fingerprint density at radius 1 is 1.37 bits per heavy atom. The maximum atomic E-state index is 11.7. The Kier molecular flexibility index (Phi) is 8.79. The predicted octanol–water partition coefficient (Wildman–Crippen LogP) is 1.36. The quantitative estimate of drug-likeness (QED) is 0.643. The fourth-order valence-electron chi connectivity index (χ4n) is 2.04. The summed E-state index contributed by atoms with van der Waals surface area (Å²) >= 11 is 0. The van der Waals surface area contributed by atoms with Crippen molar-refractivity contribution in [1.29, 1.82) is 0 Å². The molecule has 1 atom stereocenters. The molecule has 1 heterocycles. The van der Waals surface area contributed by atoms with Crippen LogP contribution in [-0.2, 0) is 19.0 Å². The largest absolute Gasteiger partial charge is 0.465 e. The third kappa shape index (κ3) is 6.89. The first kappa shape index (κ1) is 16.4. The summed E-state index contributed by atoms with van der Waals surface area (Å²) in [5.74, 6) is 0.339. The van der Waals surface area contributed by atoms with Crippen LogP contribution in [0.5, 0.6) is 0 Å². The van der Waals surface area contributed by atoms with E-state index in [1.807, 2.05) is 6.92 Å². The molecule has 0 aromatic heterocycles. The van der Waals surface area contributed by atoms with Crippen molar-refractivity contribution in [2.24, 2.45) is 5.92 Å². The molecule has 19 heavy (non-hydrogen) atoms. The second kappa shape index (κ2) is 10.2. The van der Waals surface area contributed by atoms with E-state index in [0.717, 1.165) is 39.0 Å². The first-order chi connectivity index (χ1) is 9.27. The van der Waals surface area contributed by atoms with Gasteiger partial charge in [-0.25, -0.2) is 0 Å². The molecule has 1 unspecified atom stereocenters. The van der Waals surface area contributed by atoms with E-state index in [9.17, 15) is 4.79 Å². The summed E-state index contributed by atoms with van der Waals surface area (Å²) in [7, 11) is 0. The molecule has 1 N–H and O–H groups in total. The summed E-state index contributed by atoms with van der Waals surface area (Å²) in [6.07, 6.45) is 3.08. The number of rotatable bonds is 9. The van der Waals surface area contributed by atoms with Crippen LogP contribution in [0.3, 0.4) is 0 Å². The Morgan fingerprint density at radius 3 is 2.74 bits per heavy atom. The lowest BCUT2D eigenvalue weighted by atomic mass is 10.0. The number of hydrogen-bond donors (Lipinski definition) is 1. The first-order valence-corrected chi connectivity index (χ1v) is 7.33. The van der Waals surface area contributed by atoms with E-state index in [0.29, 0.717) is 25.7 Å². The monoisotopic (exact) mass is 273 g/mol. The maximum Gasteiger partial charge on any atom is 0.325 e. The number of esters is 1. The zero-order chi connectivity index (χ0) is 13.9. The van der Waals surface area contributed by atoms with Gasteiger partial charge in [-0.05, 0) is 38.6 Å². The Bertz CT molecular complexity index is 242. The third-order valence-corrected chi connectivity index (χ3v) is 3.19. The minimum absolute atomic E-state index is 0.220. The van der Waals surface area contributed by atoms with Gasteiger partial charge >= 0.3 is 5.97 Å². The predicted molar refractivity (Wildman–Crippen MR) is 73.1 cm³/mol. The molecule has 0 aromatic rings. The van der Waals surface area contributed by atoms with E-state index in [4.69, 9.17) is 14.2 Å². The standard InChI is InChI=1S/C14H27NO4/c1-3-7-15-13(14(16)19-4-2)11-18-10-12-5-8-17-9-6-12/h12-13,15H,3-11H2,1-2H3. The minimum Gasteiger partial charge on any atom is -0.465 e. The van der Waals surface area contributed by atoms with E-state index < -0.39 is 0 Å². The van der Waals surface area contributed by atoms with Crippen molar-refractivity contribution in [1.82, 2.24) is 5.32 Å². The lowest BCUT2D eigenvalue weighted by Crippen LogP contribution is -2.42. The molecule has 1 aliphatic rings. The Labute approximate surface area is 116 Å². The zero-order valence-corrected chi connectivity index (χ0v) is 12.2. The molecule has 1 saturated heterocycles.